The zero-order valence-corrected chi connectivity index (χ0v) is 11.8. The molecule has 0 amide bonds. The third-order valence-electron chi connectivity index (χ3n) is 3.51. The third kappa shape index (κ3) is 2.16. The fourth-order valence-electron chi connectivity index (χ4n) is 2.52. The van der Waals surface area contributed by atoms with Crippen molar-refractivity contribution in [2.24, 2.45) is 0 Å². The van der Waals surface area contributed by atoms with Crippen LogP contribution in [0.25, 0.3) is 22.2 Å². The molecule has 3 aromatic rings. The first-order valence-electron chi connectivity index (χ1n) is 6.74. The summed E-state index contributed by atoms with van der Waals surface area (Å²) in [6, 6.07) is 11.2. The number of carboxylic acids is 1. The molecule has 106 valence electrons. The topological polar surface area (TPSA) is 68.0 Å². The highest BCUT2D eigenvalue weighted by atomic mass is 16.4. The lowest BCUT2D eigenvalue weighted by molar-refractivity contribution is 0.0699. The number of benzene rings is 2. The van der Waals surface area contributed by atoms with Gasteiger partial charge in [0.1, 0.15) is 6.33 Å². The van der Waals surface area contributed by atoms with Crippen LogP contribution in [0.4, 0.5) is 0 Å². The van der Waals surface area contributed by atoms with Crippen molar-refractivity contribution in [1.29, 1.82) is 0 Å². The molecular formula is C16H15N3O2. The van der Waals surface area contributed by atoms with Crippen LogP contribution >= 0.6 is 0 Å². The number of hydrogen-bond donors (Lipinski definition) is 1. The summed E-state index contributed by atoms with van der Waals surface area (Å²) < 4.78 is 1.94. The van der Waals surface area contributed by atoms with Gasteiger partial charge in [0.25, 0.3) is 0 Å². The van der Waals surface area contributed by atoms with Crippen LogP contribution < -0.4 is 0 Å². The Morgan fingerprint density at radius 2 is 1.90 bits per heavy atom. The average Bonchev–Trinajstić information content (AvgIpc) is 2.95. The summed E-state index contributed by atoms with van der Waals surface area (Å²) in [5, 5.41) is 19.2. The molecule has 1 aromatic heterocycles. The summed E-state index contributed by atoms with van der Waals surface area (Å²) in [5.74, 6) is -0.257. The molecule has 5 heteroatoms. The molecule has 0 fully saturated rings. The second kappa shape index (κ2) is 5.01. The maximum atomic E-state index is 11.5. The monoisotopic (exact) mass is 281 g/mol. The molecule has 0 unspecified atom stereocenters. The summed E-state index contributed by atoms with van der Waals surface area (Å²) in [5.41, 5.74) is 1.07. The van der Waals surface area contributed by atoms with Gasteiger partial charge in [0.05, 0.1) is 5.56 Å². The van der Waals surface area contributed by atoms with Crippen LogP contribution in [0.1, 0.15) is 30.2 Å². The van der Waals surface area contributed by atoms with Crippen LogP contribution in [-0.2, 0) is 0 Å². The molecule has 0 saturated carbocycles. The second-order valence-electron chi connectivity index (χ2n) is 5.17. The summed E-state index contributed by atoms with van der Waals surface area (Å²) in [4.78, 5) is 11.5. The van der Waals surface area contributed by atoms with E-state index in [1.54, 1.807) is 18.5 Å². The van der Waals surface area contributed by atoms with E-state index in [0.29, 0.717) is 11.2 Å². The van der Waals surface area contributed by atoms with Crippen molar-refractivity contribution in [2.75, 3.05) is 0 Å². The van der Waals surface area contributed by atoms with Crippen LogP contribution in [-0.4, -0.2) is 25.8 Å². The molecule has 0 saturated heterocycles. The predicted molar refractivity (Wildman–Crippen MR) is 80.3 cm³/mol. The quantitative estimate of drug-likeness (QED) is 0.799. The number of aromatic carboxylic acids is 1. The van der Waals surface area contributed by atoms with Crippen molar-refractivity contribution in [2.45, 2.75) is 19.9 Å². The van der Waals surface area contributed by atoms with Crippen molar-refractivity contribution >= 4 is 16.7 Å². The van der Waals surface area contributed by atoms with Crippen LogP contribution in [0, 0.1) is 0 Å². The Kier molecular flexibility index (Phi) is 3.17. The molecule has 21 heavy (non-hydrogen) atoms. The highest BCUT2D eigenvalue weighted by Gasteiger charge is 2.17. The van der Waals surface area contributed by atoms with E-state index in [2.05, 4.69) is 10.2 Å². The van der Waals surface area contributed by atoms with Crippen LogP contribution in [0.15, 0.2) is 42.7 Å². The highest BCUT2D eigenvalue weighted by molar-refractivity contribution is 6.09. The zero-order valence-electron chi connectivity index (χ0n) is 11.8. The molecule has 2 aromatic carbocycles. The van der Waals surface area contributed by atoms with Crippen LogP contribution in [0.3, 0.4) is 0 Å². The average molecular weight is 281 g/mol. The van der Waals surface area contributed by atoms with Crippen molar-refractivity contribution in [3.8, 4) is 11.4 Å². The first-order chi connectivity index (χ1) is 10.1. The normalized spacial score (nSPS) is 11.2. The summed E-state index contributed by atoms with van der Waals surface area (Å²) in [6.07, 6.45) is 1.67. The lowest BCUT2D eigenvalue weighted by Gasteiger charge is -2.13. The van der Waals surface area contributed by atoms with E-state index in [4.69, 9.17) is 0 Å². The minimum absolute atomic E-state index is 0.197. The number of carboxylic acid groups (broad SMARTS) is 1. The Hall–Kier alpha value is -2.69. The standard InChI is InChI=1S/C16H15N3O2/c1-10(2)19-9-17-18-15(19)12-7-3-5-11-6-4-8-13(14(11)12)16(20)21/h3-10H,1-2H3,(H,20,21). The van der Waals surface area contributed by atoms with Gasteiger partial charge in [0.2, 0.25) is 0 Å². The summed E-state index contributed by atoms with van der Waals surface area (Å²) in [7, 11) is 0. The van der Waals surface area contributed by atoms with Gasteiger partial charge in [-0.3, -0.25) is 0 Å². The van der Waals surface area contributed by atoms with E-state index in [-0.39, 0.29) is 11.6 Å². The van der Waals surface area contributed by atoms with Gasteiger partial charge in [-0.15, -0.1) is 10.2 Å². The van der Waals surface area contributed by atoms with E-state index in [9.17, 15) is 9.90 Å². The Morgan fingerprint density at radius 1 is 1.19 bits per heavy atom. The first-order valence-corrected chi connectivity index (χ1v) is 6.74. The molecule has 1 N–H and O–H groups in total. The molecule has 0 bridgehead atoms. The minimum atomic E-state index is -0.941. The Balaban J connectivity index is 2.38. The molecule has 5 nitrogen and oxygen atoms in total. The van der Waals surface area contributed by atoms with Gasteiger partial charge in [-0.25, -0.2) is 4.79 Å². The van der Waals surface area contributed by atoms with Crippen molar-refractivity contribution in [3.05, 3.63) is 48.3 Å². The van der Waals surface area contributed by atoms with Gasteiger partial charge in [-0.2, -0.15) is 0 Å². The number of rotatable bonds is 3. The van der Waals surface area contributed by atoms with Gasteiger partial charge >= 0.3 is 5.97 Å². The second-order valence-corrected chi connectivity index (χ2v) is 5.17. The van der Waals surface area contributed by atoms with E-state index >= 15 is 0 Å². The van der Waals surface area contributed by atoms with Crippen molar-refractivity contribution in [1.82, 2.24) is 14.8 Å². The lowest BCUT2D eigenvalue weighted by atomic mass is 9.98. The number of fused-ring (bicyclic) bond motifs is 1. The summed E-state index contributed by atoms with van der Waals surface area (Å²) >= 11 is 0. The number of aromatic nitrogens is 3. The predicted octanol–water partition coefficient (Wildman–Crippen LogP) is 3.38. The van der Waals surface area contributed by atoms with Crippen LogP contribution in [0.2, 0.25) is 0 Å². The molecular weight excluding hydrogens is 266 g/mol. The van der Waals surface area contributed by atoms with Crippen molar-refractivity contribution in [3.63, 3.8) is 0 Å². The molecule has 3 rings (SSSR count). The Bertz CT molecular complexity index is 816. The lowest BCUT2D eigenvalue weighted by Crippen LogP contribution is -2.04. The first kappa shape index (κ1) is 13.3. The van der Waals surface area contributed by atoms with Gasteiger partial charge in [0, 0.05) is 17.0 Å². The SMILES string of the molecule is CC(C)n1cnnc1-c1cccc2cccc(C(=O)O)c12. The van der Waals surface area contributed by atoms with E-state index in [1.165, 1.54) is 0 Å². The molecule has 0 atom stereocenters. The fraction of sp³-hybridized carbons (Fsp3) is 0.188. The maximum absolute atomic E-state index is 11.5. The third-order valence-corrected chi connectivity index (χ3v) is 3.51. The molecule has 0 aliphatic carbocycles. The molecule has 0 spiro atoms. The van der Waals surface area contributed by atoms with Gasteiger partial charge < -0.3 is 9.67 Å². The molecule has 0 radical (unpaired) electrons. The Labute approximate surface area is 121 Å². The van der Waals surface area contributed by atoms with E-state index in [0.717, 1.165) is 10.9 Å². The van der Waals surface area contributed by atoms with E-state index in [1.807, 2.05) is 42.7 Å². The minimum Gasteiger partial charge on any atom is -0.478 e. The van der Waals surface area contributed by atoms with Gasteiger partial charge in [-0.1, -0.05) is 30.3 Å². The number of hydrogen-bond acceptors (Lipinski definition) is 3. The van der Waals surface area contributed by atoms with Crippen LogP contribution in [0.5, 0.6) is 0 Å². The maximum Gasteiger partial charge on any atom is 0.336 e. The molecule has 1 heterocycles. The Morgan fingerprint density at radius 3 is 2.57 bits per heavy atom. The molecule has 0 aliphatic heterocycles. The number of carbonyl (C=O) groups is 1. The smallest absolute Gasteiger partial charge is 0.336 e. The van der Waals surface area contributed by atoms with Gasteiger partial charge in [-0.05, 0) is 25.3 Å². The fourth-order valence-corrected chi connectivity index (χ4v) is 2.52. The zero-order chi connectivity index (χ0) is 15.0. The largest absolute Gasteiger partial charge is 0.478 e. The highest BCUT2D eigenvalue weighted by Crippen LogP contribution is 2.31. The van der Waals surface area contributed by atoms with E-state index < -0.39 is 5.97 Å². The summed E-state index contributed by atoms with van der Waals surface area (Å²) in [6.45, 7) is 4.08. The van der Waals surface area contributed by atoms with Crippen molar-refractivity contribution < 1.29 is 9.90 Å². The van der Waals surface area contributed by atoms with Gasteiger partial charge in [0.15, 0.2) is 5.82 Å². The molecule has 0 aliphatic rings. The number of nitrogens with zero attached hydrogens (tertiary/aromatic N) is 3.